The second-order valence-electron chi connectivity index (χ2n) is 4.98. The second kappa shape index (κ2) is 6.28. The van der Waals surface area contributed by atoms with E-state index in [1.165, 1.54) is 6.07 Å². The Hall–Kier alpha value is -1.53. The van der Waals surface area contributed by atoms with Crippen molar-refractivity contribution in [1.29, 1.82) is 0 Å². The van der Waals surface area contributed by atoms with E-state index < -0.39 is 16.5 Å². The Bertz CT molecular complexity index is 541. The molecule has 0 aromatic heterocycles. The molecule has 0 heterocycles. The summed E-state index contributed by atoms with van der Waals surface area (Å²) >= 11 is 11.5. The third-order valence-corrected chi connectivity index (χ3v) is 2.80. The van der Waals surface area contributed by atoms with Crippen LogP contribution in [0.15, 0.2) is 12.1 Å². The largest absolute Gasteiger partial charge is 0.459 e. The fourth-order valence-electron chi connectivity index (χ4n) is 1.37. The predicted octanol–water partition coefficient (Wildman–Crippen LogP) is 3.66. The standard InChI is InChI=1S/C12H14Cl2N2O4/c1-12(2,3)20-11(17)6-15-9-4-7(13)8(14)5-10(9)16(18)19/h4-5,15H,6H2,1-3H3. The van der Waals surface area contributed by atoms with E-state index in [-0.39, 0.29) is 28.0 Å². The van der Waals surface area contributed by atoms with Gasteiger partial charge in [-0.1, -0.05) is 23.2 Å². The molecular formula is C12H14Cl2N2O4. The SMILES string of the molecule is CC(C)(C)OC(=O)CNc1cc(Cl)c(Cl)cc1[N+](=O)[O-]. The van der Waals surface area contributed by atoms with Crippen LogP contribution in [-0.4, -0.2) is 23.0 Å². The van der Waals surface area contributed by atoms with Gasteiger partial charge in [-0.05, 0) is 26.8 Å². The summed E-state index contributed by atoms with van der Waals surface area (Å²) in [5, 5.41) is 13.8. The molecule has 0 spiro atoms. The maximum Gasteiger partial charge on any atom is 0.325 e. The topological polar surface area (TPSA) is 81.5 Å². The van der Waals surface area contributed by atoms with E-state index >= 15 is 0 Å². The van der Waals surface area contributed by atoms with Gasteiger partial charge in [-0.2, -0.15) is 0 Å². The van der Waals surface area contributed by atoms with Crippen molar-refractivity contribution in [3.63, 3.8) is 0 Å². The van der Waals surface area contributed by atoms with E-state index in [2.05, 4.69) is 5.32 Å². The summed E-state index contributed by atoms with van der Waals surface area (Å²) in [5.74, 6) is -0.530. The van der Waals surface area contributed by atoms with E-state index in [1.807, 2.05) is 0 Å². The maximum atomic E-state index is 11.6. The molecule has 110 valence electrons. The number of benzene rings is 1. The van der Waals surface area contributed by atoms with Crippen LogP contribution < -0.4 is 5.32 Å². The number of hydrogen-bond donors (Lipinski definition) is 1. The van der Waals surface area contributed by atoms with Gasteiger partial charge in [0.1, 0.15) is 17.8 Å². The van der Waals surface area contributed by atoms with Crippen molar-refractivity contribution in [3.8, 4) is 0 Å². The Morgan fingerprint density at radius 1 is 1.35 bits per heavy atom. The number of nitro benzene ring substituents is 1. The second-order valence-corrected chi connectivity index (χ2v) is 5.79. The maximum absolute atomic E-state index is 11.6. The molecule has 20 heavy (non-hydrogen) atoms. The zero-order valence-corrected chi connectivity index (χ0v) is 12.7. The molecule has 0 bridgehead atoms. The minimum atomic E-state index is -0.623. The van der Waals surface area contributed by atoms with Gasteiger partial charge in [0.2, 0.25) is 0 Å². The molecule has 0 radical (unpaired) electrons. The van der Waals surface area contributed by atoms with Crippen molar-refractivity contribution in [2.75, 3.05) is 11.9 Å². The van der Waals surface area contributed by atoms with Gasteiger partial charge in [0, 0.05) is 6.07 Å². The fourth-order valence-corrected chi connectivity index (χ4v) is 1.70. The molecule has 0 aliphatic heterocycles. The van der Waals surface area contributed by atoms with E-state index in [0.717, 1.165) is 6.07 Å². The van der Waals surface area contributed by atoms with Crippen molar-refractivity contribution < 1.29 is 14.5 Å². The number of nitrogens with zero attached hydrogens (tertiary/aromatic N) is 1. The Balaban J connectivity index is 2.85. The lowest BCUT2D eigenvalue weighted by atomic mass is 10.2. The lowest BCUT2D eigenvalue weighted by Gasteiger charge is -2.19. The van der Waals surface area contributed by atoms with E-state index in [9.17, 15) is 14.9 Å². The van der Waals surface area contributed by atoms with Crippen molar-refractivity contribution in [1.82, 2.24) is 0 Å². The molecule has 1 aromatic carbocycles. The van der Waals surface area contributed by atoms with Crippen molar-refractivity contribution in [3.05, 3.63) is 32.3 Å². The van der Waals surface area contributed by atoms with Crippen LogP contribution in [0.3, 0.4) is 0 Å². The molecule has 0 saturated heterocycles. The number of ether oxygens (including phenoxy) is 1. The van der Waals surface area contributed by atoms with E-state index in [0.29, 0.717) is 0 Å². The van der Waals surface area contributed by atoms with Gasteiger partial charge in [-0.15, -0.1) is 0 Å². The van der Waals surface area contributed by atoms with Gasteiger partial charge in [0.15, 0.2) is 0 Å². The molecule has 1 rings (SSSR count). The quantitative estimate of drug-likeness (QED) is 0.520. The number of esters is 1. The summed E-state index contributed by atoms with van der Waals surface area (Å²) in [6.07, 6.45) is 0. The van der Waals surface area contributed by atoms with Crippen LogP contribution in [0.25, 0.3) is 0 Å². The Labute approximate surface area is 126 Å². The first-order chi connectivity index (χ1) is 9.10. The van der Waals surface area contributed by atoms with Crippen LogP contribution in [0.5, 0.6) is 0 Å². The molecule has 6 nitrogen and oxygen atoms in total. The highest BCUT2D eigenvalue weighted by molar-refractivity contribution is 6.42. The zero-order chi connectivity index (χ0) is 15.5. The van der Waals surface area contributed by atoms with Gasteiger partial charge >= 0.3 is 5.97 Å². The monoisotopic (exact) mass is 320 g/mol. The molecule has 1 N–H and O–H groups in total. The number of nitrogens with one attached hydrogen (secondary N) is 1. The molecular weight excluding hydrogens is 307 g/mol. The number of halogens is 2. The molecule has 0 aliphatic rings. The Morgan fingerprint density at radius 2 is 1.90 bits per heavy atom. The zero-order valence-electron chi connectivity index (χ0n) is 11.2. The van der Waals surface area contributed by atoms with Gasteiger partial charge in [-0.25, -0.2) is 0 Å². The van der Waals surface area contributed by atoms with Gasteiger partial charge in [0.25, 0.3) is 5.69 Å². The average Bonchev–Trinajstić information content (AvgIpc) is 2.27. The van der Waals surface area contributed by atoms with Crippen LogP contribution in [0.1, 0.15) is 20.8 Å². The number of anilines is 1. The molecule has 8 heteroatoms. The van der Waals surface area contributed by atoms with Gasteiger partial charge in [0.05, 0.1) is 15.0 Å². The summed E-state index contributed by atoms with van der Waals surface area (Å²) in [7, 11) is 0. The normalized spacial score (nSPS) is 11.1. The highest BCUT2D eigenvalue weighted by atomic mass is 35.5. The molecule has 0 aliphatic carbocycles. The summed E-state index contributed by atoms with van der Waals surface area (Å²) in [5.41, 5.74) is -0.777. The highest BCUT2D eigenvalue weighted by Crippen LogP contribution is 2.33. The van der Waals surface area contributed by atoms with Crippen LogP contribution in [0.2, 0.25) is 10.0 Å². The van der Waals surface area contributed by atoms with Gasteiger partial charge in [-0.3, -0.25) is 14.9 Å². The molecule has 0 unspecified atom stereocenters. The fraction of sp³-hybridized carbons (Fsp3) is 0.417. The van der Waals surface area contributed by atoms with Crippen LogP contribution in [0.4, 0.5) is 11.4 Å². The minimum Gasteiger partial charge on any atom is -0.459 e. The third-order valence-electron chi connectivity index (χ3n) is 2.08. The first-order valence-electron chi connectivity index (χ1n) is 5.69. The number of carbonyl (C=O) groups excluding carboxylic acids is 1. The Kier molecular flexibility index (Phi) is 5.19. The summed E-state index contributed by atoms with van der Waals surface area (Å²) < 4.78 is 5.08. The van der Waals surface area contributed by atoms with Gasteiger partial charge < -0.3 is 10.1 Å². The summed E-state index contributed by atoms with van der Waals surface area (Å²) in [6, 6.07) is 2.42. The van der Waals surface area contributed by atoms with Crippen LogP contribution >= 0.6 is 23.2 Å². The molecule has 0 fully saturated rings. The lowest BCUT2D eigenvalue weighted by Crippen LogP contribution is -2.28. The molecule has 1 aromatic rings. The first-order valence-corrected chi connectivity index (χ1v) is 6.45. The van der Waals surface area contributed by atoms with Crippen LogP contribution in [0, 0.1) is 10.1 Å². The van der Waals surface area contributed by atoms with E-state index in [4.69, 9.17) is 27.9 Å². The number of carbonyl (C=O) groups is 1. The molecule has 0 amide bonds. The summed E-state index contributed by atoms with van der Waals surface area (Å²) in [4.78, 5) is 21.8. The highest BCUT2D eigenvalue weighted by Gasteiger charge is 2.20. The summed E-state index contributed by atoms with van der Waals surface area (Å²) in [6.45, 7) is 4.97. The smallest absolute Gasteiger partial charge is 0.325 e. The molecule has 0 atom stereocenters. The number of nitro groups is 1. The van der Waals surface area contributed by atoms with Crippen molar-refractivity contribution in [2.24, 2.45) is 0 Å². The minimum absolute atomic E-state index is 0.0705. The molecule has 0 saturated carbocycles. The predicted molar refractivity (Wildman–Crippen MR) is 77.5 cm³/mol. The van der Waals surface area contributed by atoms with Crippen LogP contribution in [-0.2, 0) is 9.53 Å². The third kappa shape index (κ3) is 4.86. The lowest BCUT2D eigenvalue weighted by molar-refractivity contribution is -0.383. The van der Waals surface area contributed by atoms with Crippen molar-refractivity contribution in [2.45, 2.75) is 26.4 Å². The average molecular weight is 321 g/mol. The Morgan fingerprint density at radius 3 is 2.40 bits per heavy atom. The van der Waals surface area contributed by atoms with E-state index in [1.54, 1.807) is 20.8 Å². The number of rotatable bonds is 4. The van der Waals surface area contributed by atoms with Crippen molar-refractivity contribution >= 4 is 40.5 Å². The number of hydrogen-bond acceptors (Lipinski definition) is 5. The first kappa shape index (κ1) is 16.5.